The van der Waals surface area contributed by atoms with E-state index in [1.165, 1.54) is 7.11 Å². The number of hydrogen-bond donors (Lipinski definition) is 4. The Balaban J connectivity index is 1.82. The van der Waals surface area contributed by atoms with Gasteiger partial charge in [-0.2, -0.15) is 0 Å². The zero-order chi connectivity index (χ0) is 21.4. The number of fused-ring (bicyclic) bond motifs is 1. The van der Waals surface area contributed by atoms with Gasteiger partial charge in [0.1, 0.15) is 11.8 Å². The predicted octanol–water partition coefficient (Wildman–Crippen LogP) is 2.23. The normalized spacial score (nSPS) is 25.6. The van der Waals surface area contributed by atoms with E-state index in [-0.39, 0.29) is 35.4 Å². The molecule has 0 aromatic heterocycles. The Morgan fingerprint density at radius 2 is 1.87 bits per heavy atom. The van der Waals surface area contributed by atoms with Crippen LogP contribution in [0.3, 0.4) is 0 Å². The molecule has 9 heteroatoms. The molecule has 8 nitrogen and oxygen atoms in total. The van der Waals surface area contributed by atoms with Gasteiger partial charge < -0.3 is 24.6 Å². The molecule has 1 amide bonds. The van der Waals surface area contributed by atoms with Crippen LogP contribution in [0.4, 0.5) is 0 Å². The summed E-state index contributed by atoms with van der Waals surface area (Å²) < 4.78 is 11.0. The monoisotopic (exact) mass is 477 g/mol. The molecular formula is C21H24BrN3O5. The van der Waals surface area contributed by atoms with E-state index in [1.807, 2.05) is 12.1 Å². The Morgan fingerprint density at radius 3 is 2.57 bits per heavy atom. The summed E-state index contributed by atoms with van der Waals surface area (Å²) in [7, 11) is 3.08. The molecule has 4 rings (SSSR count). The highest BCUT2D eigenvalue weighted by atomic mass is 79.9. The number of hydrogen-bond acceptors (Lipinski definition) is 7. The van der Waals surface area contributed by atoms with Crippen molar-refractivity contribution in [3.05, 3.63) is 52.0 Å². The number of rotatable bonds is 6. The van der Waals surface area contributed by atoms with Crippen LogP contribution in [0.1, 0.15) is 23.2 Å². The van der Waals surface area contributed by atoms with Crippen LogP contribution in [0.5, 0.6) is 17.2 Å². The first kappa shape index (κ1) is 20.9. The summed E-state index contributed by atoms with van der Waals surface area (Å²) in [6, 6.07) is 9.59. The number of halogens is 1. The number of carbonyl (C=O) groups excluding carboxylic acids is 1. The van der Waals surface area contributed by atoms with Gasteiger partial charge in [-0.3, -0.25) is 4.79 Å². The van der Waals surface area contributed by atoms with Gasteiger partial charge >= 0.3 is 0 Å². The predicted molar refractivity (Wildman–Crippen MR) is 113 cm³/mol. The number of nitrogens with zero attached hydrogens (tertiary/aromatic N) is 1. The number of methoxy groups -OCH3 is 2. The maximum atomic E-state index is 13.3. The van der Waals surface area contributed by atoms with E-state index >= 15 is 0 Å². The summed E-state index contributed by atoms with van der Waals surface area (Å²) in [5, 5.41) is 20.7. The summed E-state index contributed by atoms with van der Waals surface area (Å²) in [6.45, 7) is 0.815. The molecule has 2 aromatic rings. The number of carbonyl (C=O) groups is 1. The molecule has 2 aromatic carbocycles. The van der Waals surface area contributed by atoms with Gasteiger partial charge in [-0.15, -0.1) is 0 Å². The highest BCUT2D eigenvalue weighted by molar-refractivity contribution is 9.10. The maximum Gasteiger partial charge on any atom is 0.242 e. The third-order valence-corrected chi connectivity index (χ3v) is 6.44. The number of phenols is 2. The van der Waals surface area contributed by atoms with Gasteiger partial charge in [0.2, 0.25) is 5.91 Å². The van der Waals surface area contributed by atoms with Crippen LogP contribution in [0.15, 0.2) is 40.9 Å². The summed E-state index contributed by atoms with van der Waals surface area (Å²) in [6.07, 6.45) is 0. The second-order valence-corrected chi connectivity index (χ2v) is 8.26. The Hall–Kier alpha value is -2.33. The fraction of sp³-hybridized carbons (Fsp3) is 0.381. The highest BCUT2D eigenvalue weighted by Crippen LogP contribution is 2.50. The van der Waals surface area contributed by atoms with Crippen LogP contribution < -0.4 is 15.6 Å². The first-order chi connectivity index (χ1) is 14.5. The zero-order valence-electron chi connectivity index (χ0n) is 16.6. The number of amides is 1. The Morgan fingerprint density at radius 1 is 1.13 bits per heavy atom. The number of para-hydroxylation sites is 1. The first-order valence-electron chi connectivity index (χ1n) is 9.62. The lowest BCUT2D eigenvalue weighted by Crippen LogP contribution is -2.42. The smallest absolute Gasteiger partial charge is 0.242 e. The van der Waals surface area contributed by atoms with Gasteiger partial charge in [-0.05, 0) is 39.7 Å². The van der Waals surface area contributed by atoms with E-state index in [4.69, 9.17) is 9.47 Å². The molecule has 0 radical (unpaired) electrons. The molecule has 0 saturated carbocycles. The van der Waals surface area contributed by atoms with E-state index in [2.05, 4.69) is 26.8 Å². The molecule has 160 valence electrons. The molecule has 0 spiro atoms. The lowest BCUT2D eigenvalue weighted by molar-refractivity contribution is -0.131. The molecule has 4 unspecified atom stereocenters. The number of likely N-dealkylation sites (tertiary alicyclic amines) is 1. The molecular weight excluding hydrogens is 454 g/mol. The van der Waals surface area contributed by atoms with Crippen molar-refractivity contribution in [3.63, 3.8) is 0 Å². The second-order valence-electron chi connectivity index (χ2n) is 7.40. The average molecular weight is 478 g/mol. The molecule has 0 aliphatic carbocycles. The van der Waals surface area contributed by atoms with Gasteiger partial charge in [-0.25, -0.2) is 10.9 Å². The molecule has 30 heavy (non-hydrogen) atoms. The minimum atomic E-state index is -0.463. The minimum Gasteiger partial charge on any atom is -0.508 e. The van der Waals surface area contributed by atoms with Crippen molar-refractivity contribution in [2.75, 3.05) is 27.4 Å². The van der Waals surface area contributed by atoms with Gasteiger partial charge in [0, 0.05) is 25.1 Å². The third-order valence-electron chi connectivity index (χ3n) is 5.83. The van der Waals surface area contributed by atoms with Crippen molar-refractivity contribution >= 4 is 21.8 Å². The topological polar surface area (TPSA) is 103 Å². The molecule has 2 aliphatic rings. The highest BCUT2D eigenvalue weighted by Gasteiger charge is 2.55. The van der Waals surface area contributed by atoms with Crippen molar-refractivity contribution in [1.29, 1.82) is 0 Å². The molecule has 2 saturated heterocycles. The summed E-state index contributed by atoms with van der Waals surface area (Å²) in [4.78, 5) is 15.0. The fourth-order valence-electron chi connectivity index (χ4n) is 4.48. The Labute approximate surface area is 182 Å². The van der Waals surface area contributed by atoms with Crippen molar-refractivity contribution in [3.8, 4) is 17.2 Å². The third kappa shape index (κ3) is 3.41. The van der Waals surface area contributed by atoms with E-state index in [0.717, 1.165) is 5.56 Å². The minimum absolute atomic E-state index is 0.00508. The lowest BCUT2D eigenvalue weighted by atomic mass is 9.83. The largest absolute Gasteiger partial charge is 0.508 e. The molecule has 2 fully saturated rings. The molecule has 4 N–H and O–H groups in total. The number of ether oxygens (including phenoxy) is 2. The first-order valence-corrected chi connectivity index (χ1v) is 10.4. The van der Waals surface area contributed by atoms with Crippen molar-refractivity contribution < 1.29 is 24.5 Å². The van der Waals surface area contributed by atoms with Gasteiger partial charge in [0.05, 0.1) is 30.3 Å². The second kappa shape index (κ2) is 8.43. The zero-order valence-corrected chi connectivity index (χ0v) is 18.2. The summed E-state index contributed by atoms with van der Waals surface area (Å²) in [5.41, 5.74) is 7.85. The van der Waals surface area contributed by atoms with E-state index in [1.54, 1.807) is 36.3 Å². The number of nitrogens with one attached hydrogen (secondary N) is 2. The van der Waals surface area contributed by atoms with E-state index in [0.29, 0.717) is 28.9 Å². The number of hydrazine groups is 1. The van der Waals surface area contributed by atoms with E-state index < -0.39 is 6.04 Å². The standard InChI is InChI=1S/C21H24BrN3O5/c1-29-8-7-25-19(11-9-13(22)20(27)15(10-11)30-2)16-17(23-24-18(16)21(25)28)12-5-3-4-6-14(12)26/h3-6,9-10,16-19,23-24,26-27H,7-8H2,1-2H3. The summed E-state index contributed by atoms with van der Waals surface area (Å²) in [5.74, 6) is 0.244. The quantitative estimate of drug-likeness (QED) is 0.505. The average Bonchev–Trinajstić information content (AvgIpc) is 3.28. The lowest BCUT2D eigenvalue weighted by Gasteiger charge is -2.31. The fourth-order valence-corrected chi connectivity index (χ4v) is 4.94. The molecule has 0 bridgehead atoms. The van der Waals surface area contributed by atoms with Gasteiger partial charge in [0.15, 0.2) is 11.5 Å². The van der Waals surface area contributed by atoms with Crippen LogP contribution in [0.25, 0.3) is 0 Å². The van der Waals surface area contributed by atoms with Crippen LogP contribution in [0, 0.1) is 5.92 Å². The molecule has 2 aliphatic heterocycles. The van der Waals surface area contributed by atoms with Crippen LogP contribution in [-0.4, -0.2) is 54.4 Å². The molecule has 2 heterocycles. The summed E-state index contributed by atoms with van der Waals surface area (Å²) >= 11 is 3.39. The van der Waals surface area contributed by atoms with Gasteiger partial charge in [0.25, 0.3) is 0 Å². The van der Waals surface area contributed by atoms with Crippen LogP contribution in [0.2, 0.25) is 0 Å². The van der Waals surface area contributed by atoms with Crippen LogP contribution >= 0.6 is 15.9 Å². The SMILES string of the molecule is COCCN1C(=O)C2NNC(c3ccccc3O)C2C1c1cc(Br)c(O)c(OC)c1. The number of aromatic hydroxyl groups is 2. The van der Waals surface area contributed by atoms with Crippen molar-refractivity contribution in [2.24, 2.45) is 5.92 Å². The van der Waals surface area contributed by atoms with Gasteiger partial charge in [-0.1, -0.05) is 18.2 Å². The Kier molecular flexibility index (Phi) is 5.88. The van der Waals surface area contributed by atoms with E-state index in [9.17, 15) is 15.0 Å². The van der Waals surface area contributed by atoms with Crippen molar-refractivity contribution in [1.82, 2.24) is 15.8 Å². The van der Waals surface area contributed by atoms with Crippen LogP contribution in [-0.2, 0) is 9.53 Å². The Bertz CT molecular complexity index is 956. The number of benzene rings is 2. The van der Waals surface area contributed by atoms with Crippen molar-refractivity contribution in [2.45, 2.75) is 18.1 Å². The number of phenolic OH excluding ortho intramolecular Hbond substituents is 2. The maximum absolute atomic E-state index is 13.3. The molecule has 4 atom stereocenters.